The van der Waals surface area contributed by atoms with Gasteiger partial charge in [-0.2, -0.15) is 0 Å². The second-order valence-corrected chi connectivity index (χ2v) is 6.46. The molecule has 0 N–H and O–H groups in total. The van der Waals surface area contributed by atoms with E-state index in [1.54, 1.807) is 32.4 Å². The van der Waals surface area contributed by atoms with Gasteiger partial charge >= 0.3 is 0 Å². The van der Waals surface area contributed by atoms with Gasteiger partial charge in [0.15, 0.2) is 11.5 Å². The van der Waals surface area contributed by atoms with Gasteiger partial charge in [0, 0.05) is 15.1 Å². The molecule has 0 radical (unpaired) electrons. The van der Waals surface area contributed by atoms with Crippen LogP contribution in [-0.4, -0.2) is 14.2 Å². The number of hydrogen-bond donors (Lipinski definition) is 0. The Hall–Kier alpha value is -0.780. The van der Waals surface area contributed by atoms with Crippen LogP contribution in [-0.2, 0) is 0 Å². The van der Waals surface area contributed by atoms with E-state index in [0.717, 1.165) is 10.0 Å². The topological polar surface area (TPSA) is 18.5 Å². The molecule has 0 spiro atoms. The summed E-state index contributed by atoms with van der Waals surface area (Å²) in [6.07, 6.45) is 0. The molecule has 0 aliphatic carbocycles. The van der Waals surface area contributed by atoms with E-state index in [1.807, 2.05) is 0 Å². The lowest BCUT2D eigenvalue weighted by Gasteiger charge is -2.17. The van der Waals surface area contributed by atoms with Crippen molar-refractivity contribution in [1.82, 2.24) is 0 Å². The number of rotatable bonds is 4. The van der Waals surface area contributed by atoms with Gasteiger partial charge in [0.1, 0.15) is 5.82 Å². The molecule has 0 amide bonds. The van der Waals surface area contributed by atoms with Crippen LogP contribution < -0.4 is 9.47 Å². The quantitative estimate of drug-likeness (QED) is 0.567. The molecule has 0 aromatic heterocycles. The molecule has 1 atom stereocenters. The first-order valence-corrected chi connectivity index (χ1v) is 8.07. The minimum Gasteiger partial charge on any atom is -0.493 e. The van der Waals surface area contributed by atoms with Crippen molar-refractivity contribution in [1.29, 1.82) is 0 Å². The van der Waals surface area contributed by atoms with Crippen molar-refractivity contribution in [2.75, 3.05) is 14.2 Å². The normalized spacial score (nSPS) is 12.1. The van der Waals surface area contributed by atoms with E-state index in [0.29, 0.717) is 22.1 Å². The van der Waals surface area contributed by atoms with Gasteiger partial charge in [-0.05, 0) is 35.9 Å². The van der Waals surface area contributed by atoms with Gasteiger partial charge < -0.3 is 9.47 Å². The first kappa shape index (κ1) is 16.6. The summed E-state index contributed by atoms with van der Waals surface area (Å²) < 4.78 is 25.3. The summed E-state index contributed by atoms with van der Waals surface area (Å²) in [5.74, 6) is 0.838. The predicted octanol–water partition coefficient (Wildman–Crippen LogP) is 5.74. The molecule has 0 heterocycles. The van der Waals surface area contributed by atoms with Crippen LogP contribution in [0.3, 0.4) is 0 Å². The van der Waals surface area contributed by atoms with Crippen LogP contribution >= 0.6 is 43.5 Å². The molecule has 1 unspecified atom stereocenters. The van der Waals surface area contributed by atoms with Crippen molar-refractivity contribution in [3.63, 3.8) is 0 Å². The zero-order chi connectivity index (χ0) is 15.6. The van der Waals surface area contributed by atoms with Gasteiger partial charge in [-0.25, -0.2) is 4.39 Å². The summed E-state index contributed by atoms with van der Waals surface area (Å²) in [5.41, 5.74) is 1.27. The van der Waals surface area contributed by atoms with Crippen molar-refractivity contribution in [3.8, 4) is 11.5 Å². The lowest BCUT2D eigenvalue weighted by atomic mass is 10.0. The van der Waals surface area contributed by atoms with Crippen LogP contribution in [0.2, 0.25) is 5.02 Å². The summed E-state index contributed by atoms with van der Waals surface area (Å²) in [4.78, 5) is -0.370. The molecule has 0 fully saturated rings. The highest BCUT2D eigenvalue weighted by atomic mass is 79.9. The Bertz CT molecular complexity index is 664. The Morgan fingerprint density at radius 3 is 2.29 bits per heavy atom. The van der Waals surface area contributed by atoms with Crippen molar-refractivity contribution in [3.05, 3.63) is 56.8 Å². The lowest BCUT2D eigenvalue weighted by molar-refractivity contribution is 0.354. The van der Waals surface area contributed by atoms with Gasteiger partial charge in [0.25, 0.3) is 0 Å². The Morgan fingerprint density at radius 2 is 1.67 bits per heavy atom. The van der Waals surface area contributed by atoms with E-state index < -0.39 is 0 Å². The van der Waals surface area contributed by atoms with Crippen molar-refractivity contribution >= 4 is 43.5 Å². The van der Waals surface area contributed by atoms with Gasteiger partial charge in [0.05, 0.1) is 19.0 Å². The van der Waals surface area contributed by atoms with Crippen LogP contribution in [0.4, 0.5) is 4.39 Å². The average Bonchev–Trinajstić information content (AvgIpc) is 2.48. The molecule has 2 nitrogen and oxygen atoms in total. The van der Waals surface area contributed by atoms with E-state index in [9.17, 15) is 4.39 Å². The summed E-state index contributed by atoms with van der Waals surface area (Å²) in [6.45, 7) is 0. The number of hydrogen-bond acceptors (Lipinski definition) is 2. The molecule has 2 aromatic rings. The van der Waals surface area contributed by atoms with Crippen molar-refractivity contribution in [2.45, 2.75) is 4.83 Å². The number of ether oxygens (including phenoxy) is 2. The zero-order valence-electron chi connectivity index (χ0n) is 11.3. The molecule has 0 aliphatic rings. The van der Waals surface area contributed by atoms with Crippen LogP contribution in [0.5, 0.6) is 11.5 Å². The standard InChI is InChI=1S/C15H12Br2ClFO2/c1-20-13-6-9(11(16)7-14(13)21-2)15(17)10-5-8(18)3-4-12(10)19/h3-7,15H,1-2H3. The monoisotopic (exact) mass is 436 g/mol. The molecule has 21 heavy (non-hydrogen) atoms. The second-order valence-electron chi connectivity index (χ2n) is 4.26. The Balaban J connectivity index is 2.52. The minimum absolute atomic E-state index is 0.331. The van der Waals surface area contributed by atoms with Gasteiger partial charge in [0.2, 0.25) is 0 Å². The first-order chi connectivity index (χ1) is 9.97. The highest BCUT2D eigenvalue weighted by Crippen LogP contribution is 2.42. The maximum absolute atomic E-state index is 14.0. The van der Waals surface area contributed by atoms with Gasteiger partial charge in [-0.15, -0.1) is 0 Å². The molecular weight excluding hydrogens is 426 g/mol. The SMILES string of the molecule is COc1cc(Br)c(C(Br)c2cc(Cl)ccc2F)cc1OC. The summed E-state index contributed by atoms with van der Waals surface area (Å²) in [7, 11) is 3.12. The number of alkyl halides is 1. The van der Waals surface area contributed by atoms with E-state index >= 15 is 0 Å². The zero-order valence-corrected chi connectivity index (χ0v) is 15.2. The summed E-state index contributed by atoms with van der Waals surface area (Å²) in [6, 6.07) is 8.04. The maximum Gasteiger partial charge on any atom is 0.161 e. The lowest BCUT2D eigenvalue weighted by Crippen LogP contribution is -2.00. The fourth-order valence-electron chi connectivity index (χ4n) is 1.94. The highest BCUT2D eigenvalue weighted by Gasteiger charge is 2.20. The third kappa shape index (κ3) is 3.52. The molecular formula is C15H12Br2ClFO2. The summed E-state index contributed by atoms with van der Waals surface area (Å²) >= 11 is 12.9. The number of benzene rings is 2. The Labute approximate surface area is 144 Å². The minimum atomic E-state index is -0.370. The summed E-state index contributed by atoms with van der Waals surface area (Å²) in [5, 5.41) is 0.479. The maximum atomic E-state index is 14.0. The average molecular weight is 439 g/mol. The molecule has 0 aliphatic heterocycles. The Morgan fingerprint density at radius 1 is 1.05 bits per heavy atom. The molecule has 0 bridgehead atoms. The highest BCUT2D eigenvalue weighted by molar-refractivity contribution is 9.11. The second kappa shape index (κ2) is 6.99. The van der Waals surface area contributed by atoms with E-state index in [4.69, 9.17) is 21.1 Å². The molecule has 112 valence electrons. The molecule has 0 saturated carbocycles. The largest absolute Gasteiger partial charge is 0.493 e. The fourth-order valence-corrected chi connectivity index (χ4v) is 3.71. The molecule has 6 heteroatoms. The molecule has 2 aromatic carbocycles. The third-order valence-corrected chi connectivity index (χ3v) is 4.92. The van der Waals surface area contributed by atoms with Crippen molar-refractivity contribution in [2.24, 2.45) is 0 Å². The van der Waals surface area contributed by atoms with E-state index in [1.165, 1.54) is 12.1 Å². The van der Waals surface area contributed by atoms with Crippen LogP contribution in [0.15, 0.2) is 34.8 Å². The predicted molar refractivity (Wildman–Crippen MR) is 89.4 cm³/mol. The molecule has 0 saturated heterocycles. The molecule has 2 rings (SSSR count). The Kier molecular flexibility index (Phi) is 5.52. The van der Waals surface area contributed by atoms with Gasteiger partial charge in [-0.3, -0.25) is 0 Å². The number of methoxy groups -OCH3 is 2. The van der Waals surface area contributed by atoms with E-state index in [-0.39, 0.29) is 10.6 Å². The van der Waals surface area contributed by atoms with E-state index in [2.05, 4.69) is 31.9 Å². The first-order valence-electron chi connectivity index (χ1n) is 5.98. The smallest absolute Gasteiger partial charge is 0.161 e. The van der Waals surface area contributed by atoms with Gasteiger partial charge in [-0.1, -0.05) is 43.5 Å². The van der Waals surface area contributed by atoms with Crippen LogP contribution in [0, 0.1) is 5.82 Å². The third-order valence-electron chi connectivity index (χ3n) is 3.01. The van der Waals surface area contributed by atoms with Crippen LogP contribution in [0.1, 0.15) is 16.0 Å². The number of halogens is 4. The fraction of sp³-hybridized carbons (Fsp3) is 0.200. The van der Waals surface area contributed by atoms with Crippen molar-refractivity contribution < 1.29 is 13.9 Å². The van der Waals surface area contributed by atoms with Crippen LogP contribution in [0.25, 0.3) is 0 Å².